The Labute approximate surface area is 132 Å². The molecule has 3 aromatic heterocycles. The third-order valence-corrected chi connectivity index (χ3v) is 3.63. The van der Waals surface area contributed by atoms with Gasteiger partial charge in [-0.3, -0.25) is 4.79 Å². The van der Waals surface area contributed by atoms with E-state index in [2.05, 4.69) is 26.8 Å². The van der Waals surface area contributed by atoms with Crippen molar-refractivity contribution in [3.05, 3.63) is 31.4 Å². The molecule has 0 spiro atoms. The first-order valence-corrected chi connectivity index (χ1v) is 7.31. The van der Waals surface area contributed by atoms with Crippen LogP contribution in [0.1, 0.15) is 19.3 Å². The van der Waals surface area contributed by atoms with Gasteiger partial charge in [-0.15, -0.1) is 0 Å². The van der Waals surface area contributed by atoms with Gasteiger partial charge in [0, 0.05) is 43.1 Å². The molecule has 0 bridgehead atoms. The minimum Gasteiger partial charge on any atom is -0.356 e. The number of hydrogen-bond donors (Lipinski definition) is 2. The molecular weight excluding hydrogens is 292 g/mol. The second kappa shape index (κ2) is 6.32. The molecule has 0 unspecified atom stereocenters. The first-order chi connectivity index (χ1) is 11.2. The average Bonchev–Trinajstić information content (AvgIpc) is 3.18. The standard InChI is InChI=1S/C16H16N6O/c1-11(4-7-18-14(23)3-2-6-17)22-10-21-13-9-20-16-12(15(13)22)5-8-19-16/h5,8-10H,1-4,7H2,(H,18,23)(H,19,20). The van der Waals surface area contributed by atoms with Crippen LogP contribution in [0.15, 0.2) is 31.4 Å². The van der Waals surface area contributed by atoms with Crippen LogP contribution in [0.5, 0.6) is 0 Å². The zero-order valence-electron chi connectivity index (χ0n) is 12.5. The Bertz CT molecular complexity index is 914. The van der Waals surface area contributed by atoms with Gasteiger partial charge in [-0.1, -0.05) is 6.58 Å². The first-order valence-electron chi connectivity index (χ1n) is 7.31. The van der Waals surface area contributed by atoms with E-state index >= 15 is 0 Å². The number of rotatable bonds is 6. The van der Waals surface area contributed by atoms with E-state index in [0.717, 1.165) is 27.8 Å². The second-order valence-electron chi connectivity index (χ2n) is 5.17. The van der Waals surface area contributed by atoms with Gasteiger partial charge in [-0.2, -0.15) is 5.26 Å². The van der Waals surface area contributed by atoms with E-state index in [1.165, 1.54) is 0 Å². The molecule has 23 heavy (non-hydrogen) atoms. The van der Waals surface area contributed by atoms with E-state index in [0.29, 0.717) is 13.0 Å². The topological polar surface area (TPSA) is 99.4 Å². The number of imidazole rings is 1. The van der Waals surface area contributed by atoms with Crippen LogP contribution < -0.4 is 5.32 Å². The fraction of sp³-hybridized carbons (Fsp3) is 0.250. The van der Waals surface area contributed by atoms with Crippen molar-refractivity contribution in [3.8, 4) is 6.07 Å². The monoisotopic (exact) mass is 308 g/mol. The summed E-state index contributed by atoms with van der Waals surface area (Å²) in [6.45, 7) is 4.56. The van der Waals surface area contributed by atoms with Crippen molar-refractivity contribution in [1.82, 2.24) is 24.8 Å². The van der Waals surface area contributed by atoms with Crippen LogP contribution in [0.4, 0.5) is 0 Å². The fourth-order valence-corrected chi connectivity index (χ4v) is 2.47. The number of carbonyl (C=O) groups excluding carboxylic acids is 1. The maximum Gasteiger partial charge on any atom is 0.221 e. The molecule has 0 fully saturated rings. The number of carbonyl (C=O) groups is 1. The third-order valence-electron chi connectivity index (χ3n) is 3.63. The summed E-state index contributed by atoms with van der Waals surface area (Å²) in [6, 6.07) is 3.91. The molecule has 0 saturated carbocycles. The molecule has 7 nitrogen and oxygen atoms in total. The van der Waals surface area contributed by atoms with Gasteiger partial charge < -0.3 is 14.9 Å². The zero-order valence-corrected chi connectivity index (χ0v) is 12.5. The highest BCUT2D eigenvalue weighted by molar-refractivity contribution is 6.02. The number of amides is 1. The minimum atomic E-state index is -0.118. The molecular formula is C16H16N6O. The van der Waals surface area contributed by atoms with Gasteiger partial charge in [0.1, 0.15) is 17.5 Å². The Morgan fingerprint density at radius 3 is 3.13 bits per heavy atom. The molecule has 0 aliphatic rings. The lowest BCUT2D eigenvalue weighted by molar-refractivity contribution is -0.120. The summed E-state index contributed by atoms with van der Waals surface area (Å²) < 4.78 is 1.93. The number of fused-ring (bicyclic) bond motifs is 3. The minimum absolute atomic E-state index is 0.118. The molecule has 3 heterocycles. The number of pyridine rings is 1. The van der Waals surface area contributed by atoms with Crippen molar-refractivity contribution in [2.24, 2.45) is 0 Å². The summed E-state index contributed by atoms with van der Waals surface area (Å²) in [5.74, 6) is -0.118. The molecule has 0 radical (unpaired) electrons. The Morgan fingerprint density at radius 1 is 1.43 bits per heavy atom. The lowest BCUT2D eigenvalue weighted by Crippen LogP contribution is -2.24. The van der Waals surface area contributed by atoms with E-state index in [4.69, 9.17) is 5.26 Å². The fourth-order valence-electron chi connectivity index (χ4n) is 2.47. The van der Waals surface area contributed by atoms with Crippen LogP contribution >= 0.6 is 0 Å². The van der Waals surface area contributed by atoms with Crippen molar-refractivity contribution in [3.63, 3.8) is 0 Å². The molecule has 116 valence electrons. The Hall–Kier alpha value is -3.14. The number of nitriles is 1. The highest BCUT2D eigenvalue weighted by atomic mass is 16.1. The summed E-state index contributed by atoms with van der Waals surface area (Å²) in [5, 5.41) is 12.2. The Morgan fingerprint density at radius 2 is 2.30 bits per heavy atom. The molecule has 2 N–H and O–H groups in total. The summed E-state index contributed by atoms with van der Waals surface area (Å²) in [7, 11) is 0. The summed E-state index contributed by atoms with van der Waals surface area (Å²) in [6.07, 6.45) is 6.34. The highest BCUT2D eigenvalue weighted by Gasteiger charge is 2.11. The van der Waals surface area contributed by atoms with Gasteiger partial charge in [-0.25, -0.2) is 9.97 Å². The lowest BCUT2D eigenvalue weighted by Gasteiger charge is -2.09. The second-order valence-corrected chi connectivity index (χ2v) is 5.17. The maximum absolute atomic E-state index is 11.5. The third kappa shape index (κ3) is 2.92. The van der Waals surface area contributed by atoms with Gasteiger partial charge in [0.2, 0.25) is 5.91 Å². The van der Waals surface area contributed by atoms with Gasteiger partial charge in [0.25, 0.3) is 0 Å². The van der Waals surface area contributed by atoms with Crippen molar-refractivity contribution in [2.45, 2.75) is 19.3 Å². The molecule has 0 atom stereocenters. The molecule has 0 aliphatic heterocycles. The van der Waals surface area contributed by atoms with E-state index < -0.39 is 0 Å². The number of hydrogen-bond acceptors (Lipinski definition) is 4. The van der Waals surface area contributed by atoms with Gasteiger partial charge >= 0.3 is 0 Å². The average molecular weight is 308 g/mol. The Balaban J connectivity index is 1.73. The largest absolute Gasteiger partial charge is 0.356 e. The molecule has 3 aromatic rings. The van der Waals surface area contributed by atoms with Gasteiger partial charge in [-0.05, 0) is 6.07 Å². The quantitative estimate of drug-likeness (QED) is 0.729. The highest BCUT2D eigenvalue weighted by Crippen LogP contribution is 2.24. The zero-order chi connectivity index (χ0) is 16.2. The maximum atomic E-state index is 11.5. The summed E-state index contributed by atoms with van der Waals surface area (Å²) in [4.78, 5) is 23.2. The summed E-state index contributed by atoms with van der Waals surface area (Å²) in [5.41, 5.74) is 3.40. The van der Waals surface area contributed by atoms with E-state index in [1.54, 1.807) is 12.5 Å². The van der Waals surface area contributed by atoms with Crippen LogP contribution in [0.3, 0.4) is 0 Å². The van der Waals surface area contributed by atoms with Crippen molar-refractivity contribution in [1.29, 1.82) is 5.26 Å². The van der Waals surface area contributed by atoms with Crippen LogP contribution in [0.25, 0.3) is 27.8 Å². The van der Waals surface area contributed by atoms with Crippen molar-refractivity contribution in [2.75, 3.05) is 6.54 Å². The summed E-state index contributed by atoms with van der Waals surface area (Å²) >= 11 is 0. The van der Waals surface area contributed by atoms with E-state index in [-0.39, 0.29) is 18.7 Å². The van der Waals surface area contributed by atoms with Gasteiger partial charge in [0.05, 0.1) is 17.8 Å². The molecule has 1 amide bonds. The number of aromatic nitrogens is 4. The van der Waals surface area contributed by atoms with E-state index in [1.807, 2.05) is 22.9 Å². The predicted molar refractivity (Wildman–Crippen MR) is 87.2 cm³/mol. The number of nitrogens with zero attached hydrogens (tertiary/aromatic N) is 4. The normalized spacial score (nSPS) is 10.7. The van der Waals surface area contributed by atoms with Crippen LogP contribution in [-0.2, 0) is 4.79 Å². The number of nitrogens with one attached hydrogen (secondary N) is 2. The van der Waals surface area contributed by atoms with Crippen molar-refractivity contribution < 1.29 is 4.79 Å². The molecule has 7 heteroatoms. The Kier molecular flexibility index (Phi) is 4.06. The lowest BCUT2D eigenvalue weighted by atomic mass is 10.2. The number of H-pyrrole nitrogens is 1. The van der Waals surface area contributed by atoms with Crippen LogP contribution in [0, 0.1) is 11.3 Å². The predicted octanol–water partition coefficient (Wildman–Crippen LogP) is 2.19. The van der Waals surface area contributed by atoms with Crippen LogP contribution in [0.2, 0.25) is 0 Å². The first kappa shape index (κ1) is 14.8. The van der Waals surface area contributed by atoms with Crippen molar-refractivity contribution >= 4 is 33.7 Å². The molecule has 0 aliphatic carbocycles. The number of aromatic amines is 1. The molecule has 0 aromatic carbocycles. The van der Waals surface area contributed by atoms with Crippen LogP contribution in [-0.4, -0.2) is 32.0 Å². The smallest absolute Gasteiger partial charge is 0.221 e. The SMILES string of the molecule is C=C(CCNC(=O)CCC#N)n1cnc2cnc3[nH]ccc3c21. The molecule has 3 rings (SSSR count). The molecule has 0 saturated heterocycles. The van der Waals surface area contributed by atoms with E-state index in [9.17, 15) is 4.79 Å². The van der Waals surface area contributed by atoms with Gasteiger partial charge in [0.15, 0.2) is 0 Å².